The van der Waals surface area contributed by atoms with E-state index in [1.807, 2.05) is 22.9 Å². The van der Waals surface area contributed by atoms with E-state index in [1.165, 1.54) is 0 Å². The third kappa shape index (κ3) is 3.12. The number of nitrogens with zero attached hydrogens (tertiary/aromatic N) is 2. The van der Waals surface area contributed by atoms with Gasteiger partial charge in [0.15, 0.2) is 5.75 Å². The lowest BCUT2D eigenvalue weighted by atomic mass is 10.0. The van der Waals surface area contributed by atoms with Gasteiger partial charge in [-0.25, -0.2) is 0 Å². The van der Waals surface area contributed by atoms with Gasteiger partial charge in [0, 0.05) is 5.56 Å². The molecule has 0 radical (unpaired) electrons. The lowest BCUT2D eigenvalue weighted by Gasteiger charge is -2.23. The summed E-state index contributed by atoms with van der Waals surface area (Å²) < 4.78 is 1.96. The second-order valence-electron chi connectivity index (χ2n) is 7.14. The van der Waals surface area contributed by atoms with Gasteiger partial charge in [-0.15, -0.1) is 0 Å². The zero-order chi connectivity index (χ0) is 15.8. The fourth-order valence-electron chi connectivity index (χ4n) is 2.54. The average Bonchev–Trinajstić information content (AvgIpc) is 2.67. The standard InChI is InChI=1S/C18H26N2O/c1-12(2)11-15-17(21)16(20(19-15)18(4,5)6)14-10-8-7-9-13(14)3/h7-10,12,21H,11H2,1-6H3. The Bertz CT molecular complexity index is 633. The molecule has 114 valence electrons. The summed E-state index contributed by atoms with van der Waals surface area (Å²) in [5.41, 5.74) is 3.64. The van der Waals surface area contributed by atoms with E-state index in [0.717, 1.165) is 28.9 Å². The van der Waals surface area contributed by atoms with Gasteiger partial charge >= 0.3 is 0 Å². The van der Waals surface area contributed by atoms with Crippen LogP contribution >= 0.6 is 0 Å². The minimum Gasteiger partial charge on any atom is -0.504 e. The van der Waals surface area contributed by atoms with Crippen molar-refractivity contribution in [1.29, 1.82) is 0 Å². The summed E-state index contributed by atoms with van der Waals surface area (Å²) in [6.07, 6.45) is 0.786. The van der Waals surface area contributed by atoms with Crippen LogP contribution in [0.25, 0.3) is 11.3 Å². The summed E-state index contributed by atoms with van der Waals surface area (Å²) in [5, 5.41) is 15.4. The molecule has 3 nitrogen and oxygen atoms in total. The molecular weight excluding hydrogens is 260 g/mol. The van der Waals surface area contributed by atoms with E-state index in [0.29, 0.717) is 11.7 Å². The number of aromatic nitrogens is 2. The smallest absolute Gasteiger partial charge is 0.165 e. The first-order valence-electron chi connectivity index (χ1n) is 7.59. The van der Waals surface area contributed by atoms with Crippen LogP contribution in [0.4, 0.5) is 0 Å². The molecular formula is C18H26N2O. The van der Waals surface area contributed by atoms with Gasteiger partial charge in [0.25, 0.3) is 0 Å². The van der Waals surface area contributed by atoms with E-state index >= 15 is 0 Å². The van der Waals surface area contributed by atoms with Crippen LogP contribution in [0.3, 0.4) is 0 Å². The van der Waals surface area contributed by atoms with E-state index in [4.69, 9.17) is 5.10 Å². The van der Waals surface area contributed by atoms with Gasteiger partial charge in [-0.2, -0.15) is 5.10 Å². The first-order chi connectivity index (χ1) is 9.71. The summed E-state index contributed by atoms with van der Waals surface area (Å²) >= 11 is 0. The van der Waals surface area contributed by atoms with Crippen LogP contribution in [0.5, 0.6) is 5.75 Å². The quantitative estimate of drug-likeness (QED) is 0.901. The van der Waals surface area contributed by atoms with Gasteiger partial charge in [0.05, 0.1) is 5.54 Å². The first kappa shape index (κ1) is 15.6. The molecule has 2 aromatic rings. The molecule has 1 heterocycles. The maximum atomic E-state index is 10.7. The molecule has 3 heteroatoms. The maximum absolute atomic E-state index is 10.7. The van der Waals surface area contributed by atoms with Gasteiger partial charge in [0.1, 0.15) is 11.4 Å². The summed E-state index contributed by atoms with van der Waals surface area (Å²) in [4.78, 5) is 0. The van der Waals surface area contributed by atoms with E-state index < -0.39 is 0 Å². The van der Waals surface area contributed by atoms with Crippen molar-refractivity contribution in [3.8, 4) is 17.0 Å². The van der Waals surface area contributed by atoms with E-state index in [-0.39, 0.29) is 5.54 Å². The third-order valence-electron chi connectivity index (χ3n) is 3.57. The molecule has 0 bridgehead atoms. The number of rotatable bonds is 3. The Balaban J connectivity index is 2.68. The maximum Gasteiger partial charge on any atom is 0.165 e. The van der Waals surface area contributed by atoms with Crippen molar-refractivity contribution in [2.75, 3.05) is 0 Å². The molecule has 0 fully saturated rings. The second kappa shape index (κ2) is 5.55. The summed E-state index contributed by atoms with van der Waals surface area (Å²) in [6, 6.07) is 8.14. The van der Waals surface area contributed by atoms with Crippen molar-refractivity contribution in [3.63, 3.8) is 0 Å². The molecule has 0 aliphatic heterocycles. The number of hydrogen-bond acceptors (Lipinski definition) is 2. The summed E-state index contributed by atoms with van der Waals surface area (Å²) in [5.74, 6) is 0.789. The van der Waals surface area contributed by atoms with Crippen LogP contribution in [0.15, 0.2) is 24.3 Å². The lowest BCUT2D eigenvalue weighted by Crippen LogP contribution is -2.24. The van der Waals surface area contributed by atoms with Gasteiger partial charge in [0.2, 0.25) is 0 Å². The number of aromatic hydroxyl groups is 1. The van der Waals surface area contributed by atoms with E-state index in [1.54, 1.807) is 0 Å². The largest absolute Gasteiger partial charge is 0.504 e. The minimum atomic E-state index is -0.176. The molecule has 2 rings (SSSR count). The Kier molecular flexibility index (Phi) is 4.13. The zero-order valence-corrected chi connectivity index (χ0v) is 13.9. The Morgan fingerprint density at radius 2 is 1.81 bits per heavy atom. The fraction of sp³-hybridized carbons (Fsp3) is 0.500. The molecule has 21 heavy (non-hydrogen) atoms. The number of aryl methyl sites for hydroxylation is 1. The monoisotopic (exact) mass is 286 g/mol. The predicted octanol–water partition coefficient (Wildman–Crippen LogP) is 4.52. The van der Waals surface area contributed by atoms with Gasteiger partial charge < -0.3 is 5.11 Å². The van der Waals surface area contributed by atoms with Crippen molar-refractivity contribution >= 4 is 0 Å². The van der Waals surface area contributed by atoms with Gasteiger partial charge in [-0.1, -0.05) is 38.1 Å². The molecule has 1 N–H and O–H groups in total. The van der Waals surface area contributed by atoms with Crippen molar-refractivity contribution < 1.29 is 5.11 Å². The molecule has 0 spiro atoms. The van der Waals surface area contributed by atoms with Crippen LogP contribution in [0.2, 0.25) is 0 Å². The van der Waals surface area contributed by atoms with Crippen LogP contribution in [-0.4, -0.2) is 14.9 Å². The van der Waals surface area contributed by atoms with E-state index in [2.05, 4.69) is 47.6 Å². The van der Waals surface area contributed by atoms with Crippen molar-refractivity contribution in [2.24, 2.45) is 5.92 Å². The molecule has 0 amide bonds. The van der Waals surface area contributed by atoms with Gasteiger partial charge in [-0.05, 0) is 45.6 Å². The van der Waals surface area contributed by atoms with E-state index in [9.17, 15) is 5.11 Å². The summed E-state index contributed by atoms with van der Waals surface area (Å²) in [7, 11) is 0. The third-order valence-corrected chi connectivity index (χ3v) is 3.57. The molecule has 0 saturated heterocycles. The highest BCUT2D eigenvalue weighted by Gasteiger charge is 2.26. The van der Waals surface area contributed by atoms with Crippen LogP contribution in [0, 0.1) is 12.8 Å². The highest BCUT2D eigenvalue weighted by molar-refractivity contribution is 5.71. The topological polar surface area (TPSA) is 38.1 Å². The van der Waals surface area contributed by atoms with Crippen LogP contribution in [0.1, 0.15) is 45.9 Å². The minimum absolute atomic E-state index is 0.176. The van der Waals surface area contributed by atoms with Crippen molar-refractivity contribution in [2.45, 2.75) is 53.5 Å². The van der Waals surface area contributed by atoms with Crippen LogP contribution < -0.4 is 0 Å². The number of benzene rings is 1. The number of hydrogen-bond donors (Lipinski definition) is 1. The second-order valence-corrected chi connectivity index (χ2v) is 7.14. The predicted molar refractivity (Wildman–Crippen MR) is 87.6 cm³/mol. The van der Waals surface area contributed by atoms with Gasteiger partial charge in [-0.3, -0.25) is 4.68 Å². The molecule has 1 aromatic heterocycles. The Morgan fingerprint density at radius 1 is 1.19 bits per heavy atom. The zero-order valence-electron chi connectivity index (χ0n) is 13.9. The molecule has 0 aliphatic rings. The molecule has 0 atom stereocenters. The highest BCUT2D eigenvalue weighted by atomic mass is 16.3. The molecule has 1 aromatic carbocycles. The average molecular weight is 286 g/mol. The lowest BCUT2D eigenvalue weighted by molar-refractivity contribution is 0.355. The molecule has 0 saturated carbocycles. The highest BCUT2D eigenvalue weighted by Crippen LogP contribution is 2.38. The molecule has 0 aliphatic carbocycles. The normalized spacial score (nSPS) is 12.1. The Morgan fingerprint density at radius 3 is 2.33 bits per heavy atom. The SMILES string of the molecule is Cc1ccccc1-c1c(O)c(CC(C)C)nn1C(C)(C)C. The summed E-state index contributed by atoms with van der Waals surface area (Å²) in [6.45, 7) is 12.7. The molecule has 0 unspecified atom stereocenters. The Hall–Kier alpha value is -1.77. The fourth-order valence-corrected chi connectivity index (χ4v) is 2.54. The van der Waals surface area contributed by atoms with Crippen LogP contribution in [-0.2, 0) is 12.0 Å². The van der Waals surface area contributed by atoms with Crippen molar-refractivity contribution in [3.05, 3.63) is 35.5 Å². The van der Waals surface area contributed by atoms with Crippen molar-refractivity contribution in [1.82, 2.24) is 9.78 Å². The first-order valence-corrected chi connectivity index (χ1v) is 7.59. The Labute approximate surface area is 127 Å².